The van der Waals surface area contributed by atoms with E-state index in [1.165, 1.54) is 5.56 Å². The van der Waals surface area contributed by atoms with Gasteiger partial charge in [-0.3, -0.25) is 14.7 Å². The van der Waals surface area contributed by atoms with E-state index in [0.29, 0.717) is 24.6 Å². The van der Waals surface area contributed by atoms with E-state index in [1.807, 2.05) is 49.4 Å². The Kier molecular flexibility index (Phi) is 4.41. The number of nitrogens with one attached hydrogen (secondary N) is 2. The first-order chi connectivity index (χ1) is 13.0. The SMILES string of the molecule is Cc1ccc(-n2c3c(c(=O)[nH]c2=O)CN(C(C)c2ccccc2)CN3)cc1. The minimum Gasteiger partial charge on any atom is -0.358 e. The molecule has 0 spiro atoms. The summed E-state index contributed by atoms with van der Waals surface area (Å²) in [6.45, 7) is 5.14. The van der Waals surface area contributed by atoms with Crippen LogP contribution in [0, 0.1) is 6.92 Å². The predicted octanol–water partition coefficient (Wildman–Crippen LogP) is 2.78. The summed E-state index contributed by atoms with van der Waals surface area (Å²) < 4.78 is 1.54. The van der Waals surface area contributed by atoms with E-state index in [0.717, 1.165) is 11.3 Å². The lowest BCUT2D eigenvalue weighted by molar-refractivity contribution is 0.207. The van der Waals surface area contributed by atoms with Crippen molar-refractivity contribution in [1.29, 1.82) is 0 Å². The normalized spacial score (nSPS) is 15.0. The van der Waals surface area contributed by atoms with Crippen LogP contribution in [0.3, 0.4) is 0 Å². The fourth-order valence-corrected chi connectivity index (χ4v) is 3.50. The number of rotatable bonds is 3. The van der Waals surface area contributed by atoms with Crippen molar-refractivity contribution in [3.8, 4) is 5.69 Å². The van der Waals surface area contributed by atoms with Crippen LogP contribution in [0.25, 0.3) is 5.69 Å². The summed E-state index contributed by atoms with van der Waals surface area (Å²) in [5, 5.41) is 3.30. The van der Waals surface area contributed by atoms with Gasteiger partial charge >= 0.3 is 5.69 Å². The van der Waals surface area contributed by atoms with E-state index in [4.69, 9.17) is 0 Å². The van der Waals surface area contributed by atoms with Crippen LogP contribution in [-0.2, 0) is 6.54 Å². The lowest BCUT2D eigenvalue weighted by Crippen LogP contribution is -2.43. The van der Waals surface area contributed by atoms with Crippen molar-refractivity contribution in [2.45, 2.75) is 26.4 Å². The second-order valence-corrected chi connectivity index (χ2v) is 6.93. The summed E-state index contributed by atoms with van der Waals surface area (Å²) in [6, 6.07) is 18.0. The largest absolute Gasteiger partial charge is 0.358 e. The molecule has 27 heavy (non-hydrogen) atoms. The maximum Gasteiger partial charge on any atom is 0.334 e. The Hall–Kier alpha value is -3.12. The highest BCUT2D eigenvalue weighted by molar-refractivity contribution is 5.52. The minimum atomic E-state index is -0.431. The van der Waals surface area contributed by atoms with E-state index >= 15 is 0 Å². The minimum absolute atomic E-state index is 0.144. The summed E-state index contributed by atoms with van der Waals surface area (Å²) >= 11 is 0. The summed E-state index contributed by atoms with van der Waals surface area (Å²) in [5.74, 6) is 0.573. The molecular weight excluding hydrogens is 340 g/mol. The number of nitrogens with zero attached hydrogens (tertiary/aromatic N) is 2. The van der Waals surface area contributed by atoms with Gasteiger partial charge < -0.3 is 5.32 Å². The van der Waals surface area contributed by atoms with E-state index < -0.39 is 5.69 Å². The van der Waals surface area contributed by atoms with Crippen molar-refractivity contribution in [3.05, 3.63) is 92.1 Å². The molecule has 0 aliphatic carbocycles. The molecule has 6 nitrogen and oxygen atoms in total. The number of fused-ring (bicyclic) bond motifs is 1. The molecule has 0 bridgehead atoms. The average Bonchev–Trinajstić information content (AvgIpc) is 2.69. The van der Waals surface area contributed by atoms with Crippen LogP contribution < -0.4 is 16.6 Å². The van der Waals surface area contributed by atoms with Crippen molar-refractivity contribution in [3.63, 3.8) is 0 Å². The van der Waals surface area contributed by atoms with Crippen molar-refractivity contribution >= 4 is 5.82 Å². The van der Waals surface area contributed by atoms with Crippen LogP contribution in [0.15, 0.2) is 64.2 Å². The highest BCUT2D eigenvalue weighted by Crippen LogP contribution is 2.27. The fraction of sp³-hybridized carbons (Fsp3) is 0.238. The summed E-state index contributed by atoms with van der Waals surface area (Å²) in [7, 11) is 0. The van der Waals surface area contributed by atoms with Crippen molar-refractivity contribution in [2.75, 3.05) is 12.0 Å². The maximum absolute atomic E-state index is 12.5. The fourth-order valence-electron chi connectivity index (χ4n) is 3.50. The number of hydrogen-bond acceptors (Lipinski definition) is 4. The average molecular weight is 362 g/mol. The van der Waals surface area contributed by atoms with Gasteiger partial charge in [-0.1, -0.05) is 48.0 Å². The number of benzene rings is 2. The van der Waals surface area contributed by atoms with Gasteiger partial charge in [-0.25, -0.2) is 9.36 Å². The van der Waals surface area contributed by atoms with Gasteiger partial charge in [0.05, 0.1) is 17.9 Å². The van der Waals surface area contributed by atoms with E-state index in [-0.39, 0.29) is 11.6 Å². The second kappa shape index (κ2) is 6.89. The molecule has 1 aromatic heterocycles. The molecule has 0 amide bonds. The summed E-state index contributed by atoms with van der Waals surface area (Å²) in [5.41, 5.74) is 2.83. The molecule has 0 radical (unpaired) electrons. The van der Waals surface area contributed by atoms with Gasteiger partial charge in [-0.2, -0.15) is 0 Å². The lowest BCUT2D eigenvalue weighted by Gasteiger charge is -2.35. The van der Waals surface area contributed by atoms with Gasteiger partial charge in [-0.05, 0) is 31.5 Å². The predicted molar refractivity (Wildman–Crippen MR) is 106 cm³/mol. The van der Waals surface area contributed by atoms with E-state index in [9.17, 15) is 9.59 Å². The van der Waals surface area contributed by atoms with Gasteiger partial charge in [0, 0.05) is 12.6 Å². The van der Waals surface area contributed by atoms with Gasteiger partial charge in [0.25, 0.3) is 5.56 Å². The number of aromatic amines is 1. The molecule has 2 N–H and O–H groups in total. The third-order valence-corrected chi connectivity index (χ3v) is 5.14. The van der Waals surface area contributed by atoms with Gasteiger partial charge in [-0.15, -0.1) is 0 Å². The molecule has 3 aromatic rings. The molecule has 0 saturated carbocycles. The van der Waals surface area contributed by atoms with Crippen molar-refractivity contribution < 1.29 is 0 Å². The van der Waals surface area contributed by atoms with Crippen LogP contribution in [0.5, 0.6) is 0 Å². The molecule has 0 fully saturated rings. The lowest BCUT2D eigenvalue weighted by atomic mass is 10.1. The zero-order chi connectivity index (χ0) is 19.0. The zero-order valence-corrected chi connectivity index (χ0v) is 15.4. The van der Waals surface area contributed by atoms with Crippen LogP contribution >= 0.6 is 0 Å². The smallest absolute Gasteiger partial charge is 0.334 e. The molecule has 1 atom stereocenters. The Bertz CT molecular complexity index is 1070. The Morgan fingerprint density at radius 1 is 1.00 bits per heavy atom. The first kappa shape index (κ1) is 17.3. The van der Waals surface area contributed by atoms with Gasteiger partial charge in [0.2, 0.25) is 0 Å². The number of aryl methyl sites for hydroxylation is 1. The monoisotopic (exact) mass is 362 g/mol. The Morgan fingerprint density at radius 3 is 2.41 bits per heavy atom. The van der Waals surface area contributed by atoms with E-state index in [2.05, 4.69) is 34.3 Å². The standard InChI is InChI=1S/C21H22N4O2/c1-14-8-10-17(11-9-14)25-19-18(20(26)23-21(25)27)12-24(13-22-19)15(2)16-6-4-3-5-7-16/h3-11,15,22H,12-13H2,1-2H3,(H,23,26,27). The Labute approximate surface area is 157 Å². The molecule has 1 unspecified atom stereocenters. The Morgan fingerprint density at radius 2 is 1.70 bits per heavy atom. The van der Waals surface area contributed by atoms with Gasteiger partial charge in [0.1, 0.15) is 5.82 Å². The number of aromatic nitrogens is 2. The van der Waals surface area contributed by atoms with E-state index in [1.54, 1.807) is 4.57 Å². The Balaban J connectivity index is 1.74. The van der Waals surface area contributed by atoms with Crippen LogP contribution in [-0.4, -0.2) is 21.1 Å². The number of hydrogen-bond donors (Lipinski definition) is 2. The maximum atomic E-state index is 12.5. The quantitative estimate of drug-likeness (QED) is 0.752. The topological polar surface area (TPSA) is 70.1 Å². The molecule has 4 rings (SSSR count). The van der Waals surface area contributed by atoms with Crippen LogP contribution in [0.1, 0.15) is 29.7 Å². The summed E-state index contributed by atoms with van der Waals surface area (Å²) in [6.07, 6.45) is 0. The highest BCUT2D eigenvalue weighted by Gasteiger charge is 2.26. The highest BCUT2D eigenvalue weighted by atomic mass is 16.2. The molecule has 2 aromatic carbocycles. The number of H-pyrrole nitrogens is 1. The molecule has 1 aliphatic rings. The number of anilines is 1. The van der Waals surface area contributed by atoms with Crippen LogP contribution in [0.2, 0.25) is 0 Å². The second-order valence-electron chi connectivity index (χ2n) is 6.93. The first-order valence-electron chi connectivity index (χ1n) is 9.02. The molecule has 1 aliphatic heterocycles. The molecule has 6 heteroatoms. The molecular formula is C21H22N4O2. The van der Waals surface area contributed by atoms with Gasteiger partial charge in [0.15, 0.2) is 0 Å². The van der Waals surface area contributed by atoms with Crippen molar-refractivity contribution in [1.82, 2.24) is 14.5 Å². The summed E-state index contributed by atoms with van der Waals surface area (Å²) in [4.78, 5) is 29.6. The molecule has 2 heterocycles. The third kappa shape index (κ3) is 3.19. The molecule has 0 saturated heterocycles. The third-order valence-electron chi connectivity index (χ3n) is 5.14. The van der Waals surface area contributed by atoms with Crippen molar-refractivity contribution in [2.24, 2.45) is 0 Å². The first-order valence-corrected chi connectivity index (χ1v) is 9.02. The molecule has 138 valence electrons. The zero-order valence-electron chi connectivity index (χ0n) is 15.4. The van der Waals surface area contributed by atoms with Crippen LogP contribution in [0.4, 0.5) is 5.82 Å².